The fourth-order valence-corrected chi connectivity index (χ4v) is 3.47. The fraction of sp³-hybridized carbons (Fsp3) is 0.583. The third kappa shape index (κ3) is 3.68. The van der Waals surface area contributed by atoms with Crippen LogP contribution >= 0.6 is 0 Å². The first-order valence-electron chi connectivity index (χ1n) is 5.80. The van der Waals surface area contributed by atoms with E-state index in [2.05, 4.69) is 10.3 Å². The van der Waals surface area contributed by atoms with Crippen molar-refractivity contribution >= 4 is 10.8 Å². The maximum absolute atomic E-state index is 11.9. The molecule has 0 amide bonds. The molecule has 0 bridgehead atoms. The van der Waals surface area contributed by atoms with Crippen LogP contribution in [0.25, 0.3) is 0 Å². The number of nitrogens with one attached hydrogen (secondary N) is 1. The lowest BCUT2D eigenvalue weighted by molar-refractivity contribution is 0.408. The van der Waals surface area contributed by atoms with Crippen LogP contribution in [0.4, 0.5) is 0 Å². The summed E-state index contributed by atoms with van der Waals surface area (Å²) < 4.78 is 11.9. The summed E-state index contributed by atoms with van der Waals surface area (Å²) in [6, 6.07) is 5.77. The lowest BCUT2D eigenvalue weighted by atomic mass is 10.0. The highest BCUT2D eigenvalue weighted by Gasteiger charge is 2.16. The van der Waals surface area contributed by atoms with Crippen molar-refractivity contribution in [1.29, 1.82) is 0 Å². The van der Waals surface area contributed by atoms with Crippen LogP contribution in [0.2, 0.25) is 0 Å². The molecule has 88 valence electrons. The quantitative estimate of drug-likeness (QED) is 0.860. The van der Waals surface area contributed by atoms with Crippen molar-refractivity contribution in [3.63, 3.8) is 0 Å². The van der Waals surface area contributed by atoms with Gasteiger partial charge < -0.3 is 5.32 Å². The Kier molecular flexibility index (Phi) is 4.48. The normalized spacial score (nSPS) is 22.9. The molecule has 0 spiro atoms. The van der Waals surface area contributed by atoms with Gasteiger partial charge in [0.25, 0.3) is 0 Å². The van der Waals surface area contributed by atoms with E-state index in [9.17, 15) is 4.21 Å². The van der Waals surface area contributed by atoms with Crippen molar-refractivity contribution in [3.8, 4) is 0 Å². The monoisotopic (exact) mass is 238 g/mol. The van der Waals surface area contributed by atoms with Crippen LogP contribution < -0.4 is 5.32 Å². The van der Waals surface area contributed by atoms with Crippen LogP contribution in [-0.4, -0.2) is 28.0 Å². The Labute approximate surface area is 99.1 Å². The van der Waals surface area contributed by atoms with E-state index in [-0.39, 0.29) is 0 Å². The van der Waals surface area contributed by atoms with Gasteiger partial charge in [0.2, 0.25) is 0 Å². The zero-order valence-corrected chi connectivity index (χ0v) is 10.2. The summed E-state index contributed by atoms with van der Waals surface area (Å²) in [5, 5.41) is 3.35. The molecule has 4 heteroatoms. The third-order valence-corrected chi connectivity index (χ3v) is 4.32. The lowest BCUT2D eigenvalue weighted by Crippen LogP contribution is -2.32. The van der Waals surface area contributed by atoms with Gasteiger partial charge in [-0.25, -0.2) is 0 Å². The summed E-state index contributed by atoms with van der Waals surface area (Å²) in [6.45, 7) is 2.14. The van der Waals surface area contributed by atoms with E-state index in [0.29, 0.717) is 11.7 Å². The van der Waals surface area contributed by atoms with E-state index in [4.69, 9.17) is 0 Å². The predicted octanol–water partition coefficient (Wildman–Crippen LogP) is 1.33. The summed E-state index contributed by atoms with van der Waals surface area (Å²) in [6.07, 6.45) is 4.18. The zero-order chi connectivity index (χ0) is 11.2. The van der Waals surface area contributed by atoms with Crippen LogP contribution in [0.3, 0.4) is 0 Å². The summed E-state index contributed by atoms with van der Waals surface area (Å²) in [7, 11) is -0.771. The Bertz CT molecular complexity index is 336. The van der Waals surface area contributed by atoms with Crippen LogP contribution in [0.1, 0.15) is 18.5 Å². The molecule has 1 aliphatic rings. The largest absolute Gasteiger partial charge is 0.316 e. The van der Waals surface area contributed by atoms with Crippen LogP contribution in [0.15, 0.2) is 24.4 Å². The molecule has 0 radical (unpaired) electrons. The van der Waals surface area contributed by atoms with Gasteiger partial charge in [-0.3, -0.25) is 9.19 Å². The number of hydrogen-bond donors (Lipinski definition) is 1. The van der Waals surface area contributed by atoms with Gasteiger partial charge in [-0.05, 0) is 44.0 Å². The second-order valence-electron chi connectivity index (χ2n) is 4.28. The van der Waals surface area contributed by atoms with Crippen molar-refractivity contribution in [2.45, 2.75) is 18.6 Å². The van der Waals surface area contributed by atoms with E-state index in [1.807, 2.05) is 18.2 Å². The van der Waals surface area contributed by atoms with Gasteiger partial charge in [0, 0.05) is 22.7 Å². The van der Waals surface area contributed by atoms with Gasteiger partial charge in [-0.15, -0.1) is 0 Å². The van der Waals surface area contributed by atoms with Crippen LogP contribution in [-0.2, 0) is 16.6 Å². The molecule has 3 nitrogen and oxygen atoms in total. The average Bonchev–Trinajstić information content (AvgIpc) is 2.31. The number of rotatable bonds is 4. The molecule has 0 unspecified atom stereocenters. The Morgan fingerprint density at radius 1 is 1.50 bits per heavy atom. The highest BCUT2D eigenvalue weighted by molar-refractivity contribution is 7.84. The number of pyridine rings is 1. The first-order valence-corrected chi connectivity index (χ1v) is 7.29. The molecule has 2 rings (SSSR count). The van der Waals surface area contributed by atoms with E-state index >= 15 is 0 Å². The van der Waals surface area contributed by atoms with Crippen LogP contribution in [0, 0.1) is 5.92 Å². The van der Waals surface area contributed by atoms with Gasteiger partial charge in [-0.2, -0.15) is 0 Å². The zero-order valence-electron chi connectivity index (χ0n) is 9.39. The molecule has 16 heavy (non-hydrogen) atoms. The molecule has 1 aliphatic heterocycles. The fourth-order valence-electron chi connectivity index (χ4n) is 2.04. The smallest absolute Gasteiger partial charge is 0.0658 e. The Hall–Kier alpha value is -0.740. The first-order chi connectivity index (χ1) is 7.84. The Balaban J connectivity index is 1.80. The van der Waals surface area contributed by atoms with Crippen molar-refractivity contribution in [1.82, 2.24) is 10.3 Å². The van der Waals surface area contributed by atoms with Crippen molar-refractivity contribution in [2.75, 3.05) is 18.8 Å². The van der Waals surface area contributed by atoms with E-state index in [1.54, 1.807) is 6.20 Å². The van der Waals surface area contributed by atoms with Crippen molar-refractivity contribution < 1.29 is 4.21 Å². The molecular weight excluding hydrogens is 220 g/mol. The van der Waals surface area contributed by atoms with Gasteiger partial charge in [0.1, 0.15) is 0 Å². The summed E-state index contributed by atoms with van der Waals surface area (Å²) in [5.74, 6) is 1.99. The molecule has 1 saturated heterocycles. The highest BCUT2D eigenvalue weighted by Crippen LogP contribution is 2.12. The topological polar surface area (TPSA) is 42.0 Å². The second-order valence-corrected chi connectivity index (χ2v) is 5.79. The molecule has 0 aliphatic carbocycles. The molecule has 1 aromatic rings. The first kappa shape index (κ1) is 11.7. The standard InChI is InChI=1S/C12H18N2OS/c15-16(9-11-4-3-6-13-8-11)10-12-5-1-2-7-14-12/h1-2,5,7,11,13H,3-4,6,8-10H2/t11-,16-/m0/s1. The second kappa shape index (κ2) is 6.11. The maximum Gasteiger partial charge on any atom is 0.0658 e. The number of nitrogens with zero attached hydrogens (tertiary/aromatic N) is 1. The molecule has 1 fully saturated rings. The van der Waals surface area contributed by atoms with Crippen molar-refractivity contribution in [2.24, 2.45) is 5.92 Å². The Morgan fingerprint density at radius 2 is 2.44 bits per heavy atom. The lowest BCUT2D eigenvalue weighted by Gasteiger charge is -2.22. The van der Waals surface area contributed by atoms with E-state index in [0.717, 1.165) is 24.5 Å². The molecule has 1 aromatic heterocycles. The van der Waals surface area contributed by atoms with Crippen molar-refractivity contribution in [3.05, 3.63) is 30.1 Å². The molecule has 0 aromatic carbocycles. The number of hydrogen-bond acceptors (Lipinski definition) is 3. The van der Waals surface area contributed by atoms with Gasteiger partial charge in [-0.1, -0.05) is 6.07 Å². The Morgan fingerprint density at radius 3 is 3.12 bits per heavy atom. The molecule has 2 atom stereocenters. The number of aromatic nitrogens is 1. The molecular formula is C12H18N2OS. The van der Waals surface area contributed by atoms with E-state index in [1.165, 1.54) is 12.8 Å². The minimum Gasteiger partial charge on any atom is -0.316 e. The molecule has 1 N–H and O–H groups in total. The predicted molar refractivity (Wildman–Crippen MR) is 66.5 cm³/mol. The minimum absolute atomic E-state index is 0.582. The SMILES string of the molecule is O=[S@](Cc1ccccn1)C[C@H]1CCCNC1. The summed E-state index contributed by atoms with van der Waals surface area (Å²) >= 11 is 0. The summed E-state index contributed by atoms with van der Waals surface area (Å²) in [5.41, 5.74) is 0.935. The minimum atomic E-state index is -0.771. The average molecular weight is 238 g/mol. The van der Waals surface area contributed by atoms with Gasteiger partial charge in [0.05, 0.1) is 11.4 Å². The van der Waals surface area contributed by atoms with Crippen LogP contribution in [0.5, 0.6) is 0 Å². The molecule has 0 saturated carbocycles. The van der Waals surface area contributed by atoms with E-state index < -0.39 is 10.8 Å². The third-order valence-electron chi connectivity index (χ3n) is 2.86. The highest BCUT2D eigenvalue weighted by atomic mass is 32.2. The number of piperidine rings is 1. The molecule has 2 heterocycles. The summed E-state index contributed by atoms with van der Waals surface area (Å²) in [4.78, 5) is 4.20. The van der Waals surface area contributed by atoms with Gasteiger partial charge in [0.15, 0.2) is 0 Å². The maximum atomic E-state index is 11.9. The van der Waals surface area contributed by atoms with Gasteiger partial charge >= 0.3 is 0 Å².